The van der Waals surface area contributed by atoms with Crippen LogP contribution in [0.3, 0.4) is 0 Å². The summed E-state index contributed by atoms with van der Waals surface area (Å²) in [6.45, 7) is 9.57. The molecule has 1 amide bonds. The topological polar surface area (TPSA) is 78.2 Å². The first-order valence-corrected chi connectivity index (χ1v) is 9.84. The van der Waals surface area contributed by atoms with Crippen LogP contribution in [0.15, 0.2) is 5.16 Å². The van der Waals surface area contributed by atoms with Crippen molar-refractivity contribution in [1.82, 2.24) is 9.80 Å². The van der Waals surface area contributed by atoms with Crippen molar-refractivity contribution in [3.63, 3.8) is 0 Å². The molecule has 7 heteroatoms. The first-order valence-electron chi connectivity index (χ1n) is 9.84. The molecule has 0 spiro atoms. The first kappa shape index (κ1) is 20.5. The maximum atomic E-state index is 11.9. The van der Waals surface area contributed by atoms with E-state index >= 15 is 0 Å². The SMILES string of the molecule is CCOC(=O)N1CCCC(N2CCC(/C(C#N)=N/OC(C)C)CC2)CC1. The molecule has 1 atom stereocenters. The van der Waals surface area contributed by atoms with Gasteiger partial charge < -0.3 is 19.4 Å². The Balaban J connectivity index is 1.83. The highest BCUT2D eigenvalue weighted by Crippen LogP contribution is 2.25. The fourth-order valence-corrected chi connectivity index (χ4v) is 3.73. The molecule has 7 nitrogen and oxygen atoms in total. The van der Waals surface area contributed by atoms with Crippen molar-refractivity contribution in [1.29, 1.82) is 5.26 Å². The summed E-state index contributed by atoms with van der Waals surface area (Å²) in [5.41, 5.74) is 0.521. The largest absolute Gasteiger partial charge is 0.450 e. The van der Waals surface area contributed by atoms with E-state index in [0.29, 0.717) is 18.4 Å². The fraction of sp³-hybridized carbons (Fsp3) is 0.842. The number of nitrogens with zero attached hydrogens (tertiary/aromatic N) is 4. The summed E-state index contributed by atoms with van der Waals surface area (Å²) in [6, 6.07) is 2.71. The van der Waals surface area contributed by atoms with E-state index in [4.69, 9.17) is 9.57 Å². The Morgan fingerprint density at radius 1 is 1.19 bits per heavy atom. The molecule has 2 rings (SSSR count). The van der Waals surface area contributed by atoms with Gasteiger partial charge in [0.15, 0.2) is 5.71 Å². The molecule has 146 valence electrons. The van der Waals surface area contributed by atoms with E-state index in [1.165, 1.54) is 0 Å². The molecule has 2 aliphatic heterocycles. The summed E-state index contributed by atoms with van der Waals surface area (Å²) in [5.74, 6) is 0.191. The highest BCUT2D eigenvalue weighted by atomic mass is 16.6. The van der Waals surface area contributed by atoms with Crippen molar-refractivity contribution in [2.24, 2.45) is 11.1 Å². The molecule has 0 radical (unpaired) electrons. The predicted molar refractivity (Wildman–Crippen MR) is 99.8 cm³/mol. The van der Waals surface area contributed by atoms with Crippen LogP contribution in [0, 0.1) is 17.2 Å². The second-order valence-electron chi connectivity index (χ2n) is 7.32. The van der Waals surface area contributed by atoms with Crippen LogP contribution in [-0.4, -0.2) is 66.5 Å². The normalized spacial score (nSPS) is 23.4. The number of hydrogen-bond acceptors (Lipinski definition) is 6. The fourth-order valence-electron chi connectivity index (χ4n) is 3.73. The maximum Gasteiger partial charge on any atom is 0.409 e. The zero-order chi connectivity index (χ0) is 18.9. The summed E-state index contributed by atoms with van der Waals surface area (Å²) in [5, 5.41) is 13.4. The van der Waals surface area contributed by atoms with Crippen LogP contribution in [0.2, 0.25) is 0 Å². The molecule has 26 heavy (non-hydrogen) atoms. The van der Waals surface area contributed by atoms with Gasteiger partial charge in [0.25, 0.3) is 0 Å². The molecule has 1 unspecified atom stereocenters. The Morgan fingerprint density at radius 2 is 1.92 bits per heavy atom. The van der Waals surface area contributed by atoms with Gasteiger partial charge in [-0.25, -0.2) is 4.79 Å². The summed E-state index contributed by atoms with van der Waals surface area (Å²) >= 11 is 0. The summed E-state index contributed by atoms with van der Waals surface area (Å²) in [6.07, 6.45) is 4.78. The Morgan fingerprint density at radius 3 is 2.54 bits per heavy atom. The maximum absolute atomic E-state index is 11.9. The lowest BCUT2D eigenvalue weighted by Crippen LogP contribution is -2.43. The third-order valence-electron chi connectivity index (χ3n) is 5.13. The summed E-state index contributed by atoms with van der Waals surface area (Å²) in [4.78, 5) is 21.5. The third kappa shape index (κ3) is 5.87. The molecule has 0 saturated carbocycles. The van der Waals surface area contributed by atoms with Crippen LogP contribution in [0.1, 0.15) is 52.9 Å². The van der Waals surface area contributed by atoms with Crippen molar-refractivity contribution in [2.45, 2.75) is 65.0 Å². The molecular formula is C19H32N4O3. The van der Waals surface area contributed by atoms with Gasteiger partial charge in [-0.2, -0.15) is 5.26 Å². The number of hydrogen-bond donors (Lipinski definition) is 0. The molecule has 0 N–H and O–H groups in total. The predicted octanol–water partition coefficient (Wildman–Crippen LogP) is 3.01. The Bertz CT molecular complexity index is 521. The van der Waals surface area contributed by atoms with Crippen LogP contribution < -0.4 is 0 Å². The number of oxime groups is 1. The minimum Gasteiger partial charge on any atom is -0.450 e. The van der Waals surface area contributed by atoms with Gasteiger partial charge in [-0.05, 0) is 66.0 Å². The number of carbonyl (C=O) groups is 1. The number of piperidine rings is 1. The molecule has 2 saturated heterocycles. The highest BCUT2D eigenvalue weighted by molar-refractivity contribution is 5.99. The van der Waals surface area contributed by atoms with E-state index in [1.54, 1.807) is 0 Å². The number of rotatable bonds is 5. The van der Waals surface area contributed by atoms with Crippen LogP contribution in [0.25, 0.3) is 0 Å². The molecule has 0 aromatic carbocycles. The molecule has 0 bridgehead atoms. The monoisotopic (exact) mass is 364 g/mol. The molecule has 2 heterocycles. The third-order valence-corrected chi connectivity index (χ3v) is 5.13. The van der Waals surface area contributed by atoms with E-state index in [9.17, 15) is 10.1 Å². The molecule has 2 aliphatic rings. The summed E-state index contributed by atoms with van der Waals surface area (Å²) in [7, 11) is 0. The Labute approximate surface area is 156 Å². The van der Waals surface area contributed by atoms with Gasteiger partial charge in [0.2, 0.25) is 0 Å². The van der Waals surface area contributed by atoms with Crippen LogP contribution in [0.5, 0.6) is 0 Å². The van der Waals surface area contributed by atoms with Crippen LogP contribution >= 0.6 is 0 Å². The van der Waals surface area contributed by atoms with Crippen LogP contribution in [0.4, 0.5) is 4.79 Å². The van der Waals surface area contributed by atoms with E-state index < -0.39 is 0 Å². The average molecular weight is 364 g/mol. The molecule has 0 aliphatic carbocycles. The van der Waals surface area contributed by atoms with Crippen molar-refractivity contribution in [2.75, 3.05) is 32.8 Å². The van der Waals surface area contributed by atoms with Gasteiger partial charge in [0.05, 0.1) is 6.61 Å². The van der Waals surface area contributed by atoms with E-state index in [0.717, 1.165) is 58.3 Å². The molecule has 0 aromatic heterocycles. The van der Waals surface area contributed by atoms with Gasteiger partial charge >= 0.3 is 6.09 Å². The number of nitriles is 1. The second kappa shape index (κ2) is 10.4. The number of ether oxygens (including phenoxy) is 1. The van der Waals surface area contributed by atoms with Gasteiger partial charge in [0.1, 0.15) is 12.2 Å². The van der Waals surface area contributed by atoms with Crippen molar-refractivity contribution >= 4 is 11.8 Å². The number of likely N-dealkylation sites (tertiary alicyclic amines) is 2. The molecule has 2 fully saturated rings. The van der Waals surface area contributed by atoms with Crippen molar-refractivity contribution in [3.05, 3.63) is 0 Å². The molecule has 0 aromatic rings. The zero-order valence-electron chi connectivity index (χ0n) is 16.3. The van der Waals surface area contributed by atoms with Gasteiger partial charge in [-0.15, -0.1) is 0 Å². The van der Waals surface area contributed by atoms with Gasteiger partial charge in [-0.3, -0.25) is 0 Å². The first-order chi connectivity index (χ1) is 12.5. The molecular weight excluding hydrogens is 332 g/mol. The Hall–Kier alpha value is -1.81. The lowest BCUT2D eigenvalue weighted by Gasteiger charge is -2.36. The van der Waals surface area contributed by atoms with Gasteiger partial charge in [-0.1, -0.05) is 5.16 Å². The lowest BCUT2D eigenvalue weighted by molar-refractivity contribution is 0.0829. The van der Waals surface area contributed by atoms with Crippen molar-refractivity contribution < 1.29 is 14.4 Å². The summed E-state index contributed by atoms with van der Waals surface area (Å²) < 4.78 is 5.13. The number of carbonyl (C=O) groups excluding carboxylic acids is 1. The van der Waals surface area contributed by atoms with Gasteiger partial charge in [0, 0.05) is 25.0 Å². The minimum atomic E-state index is -0.188. The number of amides is 1. The average Bonchev–Trinajstić information content (AvgIpc) is 2.89. The lowest BCUT2D eigenvalue weighted by atomic mass is 9.91. The van der Waals surface area contributed by atoms with Crippen molar-refractivity contribution in [3.8, 4) is 6.07 Å². The van der Waals surface area contributed by atoms with E-state index in [1.807, 2.05) is 25.7 Å². The highest BCUT2D eigenvalue weighted by Gasteiger charge is 2.30. The van der Waals surface area contributed by atoms with E-state index in [2.05, 4.69) is 16.1 Å². The standard InChI is InChI=1S/C19H32N4O3/c1-4-25-19(24)23-10-5-6-17(9-13-23)22-11-7-16(8-12-22)18(14-20)21-26-15(2)3/h15-17H,4-13H2,1-3H3/b21-18+. The Kier molecular flexibility index (Phi) is 8.17. The zero-order valence-corrected chi connectivity index (χ0v) is 16.3. The second-order valence-corrected chi connectivity index (χ2v) is 7.32. The van der Waals surface area contributed by atoms with Crippen LogP contribution in [-0.2, 0) is 9.57 Å². The quantitative estimate of drug-likeness (QED) is 0.553. The van der Waals surface area contributed by atoms with E-state index in [-0.39, 0.29) is 18.1 Å². The smallest absolute Gasteiger partial charge is 0.409 e. The minimum absolute atomic E-state index is 0.00762.